The van der Waals surface area contributed by atoms with Crippen molar-refractivity contribution in [1.82, 2.24) is 14.8 Å². The molecule has 0 radical (unpaired) electrons. The molecule has 0 atom stereocenters. The van der Waals surface area contributed by atoms with Gasteiger partial charge in [0.25, 0.3) is 0 Å². The lowest BCUT2D eigenvalue weighted by Crippen LogP contribution is -1.98. The average molecular weight is 316 g/mol. The minimum absolute atomic E-state index is 0.928. The molecule has 0 saturated carbocycles. The largest absolute Gasteiger partial charge is 0.233 e. The maximum Gasteiger partial charge on any atom is 0.163 e. The zero-order valence-corrected chi connectivity index (χ0v) is 12.7. The third-order valence-electron chi connectivity index (χ3n) is 3.21. The average Bonchev–Trinajstić information content (AvgIpc) is 2.67. The lowest BCUT2D eigenvalue weighted by Gasteiger charge is -2.04. The number of hydrogen-bond donors (Lipinski definition) is 0. The summed E-state index contributed by atoms with van der Waals surface area (Å²) in [5.41, 5.74) is 5.21. The Morgan fingerprint density at radius 1 is 1.05 bits per heavy atom. The Hall–Kier alpha value is -1.68. The smallest absolute Gasteiger partial charge is 0.163 e. The molecule has 0 bridgehead atoms. The van der Waals surface area contributed by atoms with Gasteiger partial charge in [0.05, 0.1) is 11.4 Å². The van der Waals surface area contributed by atoms with Crippen LogP contribution >= 0.6 is 15.9 Å². The van der Waals surface area contributed by atoms with E-state index in [1.807, 2.05) is 42.8 Å². The number of hydrogen-bond acceptors (Lipinski definition) is 2. The molecule has 0 unspecified atom stereocenters. The van der Waals surface area contributed by atoms with Crippen LogP contribution in [0.1, 0.15) is 17.0 Å². The van der Waals surface area contributed by atoms with Crippen LogP contribution in [-0.4, -0.2) is 14.8 Å². The molecule has 19 heavy (non-hydrogen) atoms. The molecule has 2 heterocycles. The van der Waals surface area contributed by atoms with Gasteiger partial charge in [-0.3, -0.25) is 0 Å². The second-order valence-electron chi connectivity index (χ2n) is 4.75. The SMILES string of the molecule is Cc1cc(C)c2c(C)nn(-c3ccc(Br)cc3)c2n1. The zero-order valence-electron chi connectivity index (χ0n) is 11.1. The van der Waals surface area contributed by atoms with Gasteiger partial charge < -0.3 is 0 Å². The highest BCUT2D eigenvalue weighted by atomic mass is 79.9. The first-order chi connectivity index (χ1) is 9.06. The fraction of sp³-hybridized carbons (Fsp3) is 0.200. The molecular weight excluding hydrogens is 302 g/mol. The Balaban J connectivity index is 2.33. The lowest BCUT2D eigenvalue weighted by atomic mass is 10.1. The van der Waals surface area contributed by atoms with Gasteiger partial charge in [0, 0.05) is 15.6 Å². The first-order valence-electron chi connectivity index (χ1n) is 6.16. The number of pyridine rings is 1. The van der Waals surface area contributed by atoms with Gasteiger partial charge in [-0.1, -0.05) is 15.9 Å². The summed E-state index contributed by atoms with van der Waals surface area (Å²) in [7, 11) is 0. The number of aryl methyl sites for hydroxylation is 3. The van der Waals surface area contributed by atoms with Crippen LogP contribution in [0.25, 0.3) is 16.7 Å². The molecule has 3 nitrogen and oxygen atoms in total. The Kier molecular flexibility index (Phi) is 2.90. The van der Waals surface area contributed by atoms with Crippen LogP contribution in [0.15, 0.2) is 34.8 Å². The van der Waals surface area contributed by atoms with E-state index in [4.69, 9.17) is 0 Å². The van der Waals surface area contributed by atoms with Gasteiger partial charge in [-0.05, 0) is 56.7 Å². The fourth-order valence-electron chi connectivity index (χ4n) is 2.43. The topological polar surface area (TPSA) is 30.7 Å². The Morgan fingerprint density at radius 2 is 1.74 bits per heavy atom. The molecule has 0 amide bonds. The molecule has 0 saturated heterocycles. The number of nitrogens with zero attached hydrogens (tertiary/aromatic N) is 3. The van der Waals surface area contributed by atoms with Crippen molar-refractivity contribution in [3.63, 3.8) is 0 Å². The summed E-state index contributed by atoms with van der Waals surface area (Å²) in [6, 6.07) is 10.2. The van der Waals surface area contributed by atoms with E-state index >= 15 is 0 Å². The minimum atomic E-state index is 0.928. The normalized spacial score (nSPS) is 11.2. The summed E-state index contributed by atoms with van der Waals surface area (Å²) in [6.45, 7) is 6.15. The van der Waals surface area contributed by atoms with E-state index < -0.39 is 0 Å². The van der Waals surface area contributed by atoms with Crippen molar-refractivity contribution in [3.05, 3.63) is 51.8 Å². The number of halogens is 1. The van der Waals surface area contributed by atoms with Gasteiger partial charge in [-0.25, -0.2) is 9.67 Å². The number of benzene rings is 1. The fourth-order valence-corrected chi connectivity index (χ4v) is 2.69. The number of fused-ring (bicyclic) bond motifs is 1. The van der Waals surface area contributed by atoms with Crippen LogP contribution in [0.5, 0.6) is 0 Å². The third-order valence-corrected chi connectivity index (χ3v) is 3.74. The van der Waals surface area contributed by atoms with Crippen LogP contribution in [0.3, 0.4) is 0 Å². The first-order valence-corrected chi connectivity index (χ1v) is 6.95. The molecule has 0 aliphatic rings. The van der Waals surface area contributed by atoms with Crippen molar-refractivity contribution in [1.29, 1.82) is 0 Å². The zero-order chi connectivity index (χ0) is 13.6. The van der Waals surface area contributed by atoms with Crippen molar-refractivity contribution in [2.45, 2.75) is 20.8 Å². The molecule has 96 valence electrons. The van der Waals surface area contributed by atoms with Crippen molar-refractivity contribution in [2.24, 2.45) is 0 Å². The van der Waals surface area contributed by atoms with Crippen LogP contribution in [0, 0.1) is 20.8 Å². The van der Waals surface area contributed by atoms with Crippen molar-refractivity contribution < 1.29 is 0 Å². The van der Waals surface area contributed by atoms with Gasteiger partial charge in [0.15, 0.2) is 5.65 Å². The van der Waals surface area contributed by atoms with Gasteiger partial charge in [0.2, 0.25) is 0 Å². The predicted molar refractivity (Wildman–Crippen MR) is 80.8 cm³/mol. The summed E-state index contributed by atoms with van der Waals surface area (Å²) in [4.78, 5) is 4.64. The molecule has 3 rings (SSSR count). The Morgan fingerprint density at radius 3 is 2.42 bits per heavy atom. The molecule has 0 spiro atoms. The summed E-state index contributed by atoms with van der Waals surface area (Å²) in [5, 5.41) is 5.78. The Labute approximate surface area is 120 Å². The molecule has 0 aliphatic heterocycles. The van der Waals surface area contributed by atoms with E-state index in [0.29, 0.717) is 0 Å². The highest BCUT2D eigenvalue weighted by Crippen LogP contribution is 2.24. The van der Waals surface area contributed by atoms with E-state index in [9.17, 15) is 0 Å². The van der Waals surface area contributed by atoms with E-state index in [1.165, 1.54) is 5.56 Å². The molecule has 3 aromatic rings. The highest BCUT2D eigenvalue weighted by Gasteiger charge is 2.12. The molecule has 4 heteroatoms. The third kappa shape index (κ3) is 2.06. The van der Waals surface area contributed by atoms with Crippen molar-refractivity contribution in [3.8, 4) is 5.69 Å². The summed E-state index contributed by atoms with van der Waals surface area (Å²) >= 11 is 3.45. The van der Waals surface area contributed by atoms with E-state index in [2.05, 4.69) is 39.0 Å². The lowest BCUT2D eigenvalue weighted by molar-refractivity contribution is 0.875. The molecule has 2 aromatic heterocycles. The standard InChI is InChI=1S/C15H14BrN3/c1-9-8-10(2)17-15-14(9)11(3)18-19(15)13-6-4-12(16)5-7-13/h4-8H,1-3H3. The van der Waals surface area contributed by atoms with E-state index in [-0.39, 0.29) is 0 Å². The second kappa shape index (κ2) is 4.46. The maximum absolute atomic E-state index is 4.64. The summed E-state index contributed by atoms with van der Waals surface area (Å²) < 4.78 is 2.97. The minimum Gasteiger partial charge on any atom is -0.233 e. The van der Waals surface area contributed by atoms with Crippen LogP contribution in [0.2, 0.25) is 0 Å². The highest BCUT2D eigenvalue weighted by molar-refractivity contribution is 9.10. The summed E-state index contributed by atoms with van der Waals surface area (Å²) in [6.07, 6.45) is 0. The quantitative estimate of drug-likeness (QED) is 0.676. The molecule has 0 aliphatic carbocycles. The second-order valence-corrected chi connectivity index (χ2v) is 5.67. The maximum atomic E-state index is 4.64. The first kappa shape index (κ1) is 12.4. The van der Waals surface area contributed by atoms with Crippen LogP contribution < -0.4 is 0 Å². The Bertz CT molecular complexity index is 757. The number of aromatic nitrogens is 3. The van der Waals surface area contributed by atoms with E-state index in [1.54, 1.807) is 0 Å². The van der Waals surface area contributed by atoms with Crippen molar-refractivity contribution in [2.75, 3.05) is 0 Å². The van der Waals surface area contributed by atoms with Gasteiger partial charge >= 0.3 is 0 Å². The number of rotatable bonds is 1. The van der Waals surface area contributed by atoms with Crippen LogP contribution in [-0.2, 0) is 0 Å². The monoisotopic (exact) mass is 315 g/mol. The molecule has 0 fully saturated rings. The van der Waals surface area contributed by atoms with Crippen LogP contribution in [0.4, 0.5) is 0 Å². The van der Waals surface area contributed by atoms with Crippen molar-refractivity contribution >= 4 is 27.0 Å². The predicted octanol–water partition coefficient (Wildman–Crippen LogP) is 4.11. The summed E-state index contributed by atoms with van der Waals surface area (Å²) in [5.74, 6) is 0. The van der Waals surface area contributed by atoms with Gasteiger partial charge in [-0.2, -0.15) is 5.10 Å². The van der Waals surface area contributed by atoms with Gasteiger partial charge in [-0.15, -0.1) is 0 Å². The molecule has 0 N–H and O–H groups in total. The molecule has 1 aromatic carbocycles. The van der Waals surface area contributed by atoms with Gasteiger partial charge in [0.1, 0.15) is 0 Å². The van der Waals surface area contributed by atoms with E-state index in [0.717, 1.165) is 32.6 Å². The molecular formula is C15H14BrN3.